The summed E-state index contributed by atoms with van der Waals surface area (Å²) in [5.41, 5.74) is 1.05. The number of hydrogen-bond donors (Lipinski definition) is 0. The van der Waals surface area contributed by atoms with Crippen LogP contribution in [0.5, 0.6) is 0 Å². The van der Waals surface area contributed by atoms with Crippen LogP contribution in [0.15, 0.2) is 18.2 Å². The number of esters is 1. The zero-order valence-corrected chi connectivity index (χ0v) is 9.84. The van der Waals surface area contributed by atoms with Crippen molar-refractivity contribution in [3.63, 3.8) is 0 Å². The molecule has 0 spiro atoms. The third-order valence-corrected chi connectivity index (χ3v) is 2.41. The molecule has 0 fully saturated rings. The van der Waals surface area contributed by atoms with E-state index in [1.165, 1.54) is 13.2 Å². The van der Waals surface area contributed by atoms with Gasteiger partial charge in [-0.2, -0.15) is 0 Å². The number of ether oxygens (including phenoxy) is 1. The first-order valence-electron chi connectivity index (χ1n) is 4.73. The molecule has 0 radical (unpaired) electrons. The summed E-state index contributed by atoms with van der Waals surface area (Å²) in [5.74, 6) is -0.665. The second kappa shape index (κ2) is 5.66. The molecule has 0 aromatic heterocycles. The number of benzene rings is 1. The Kier molecular flexibility index (Phi) is 4.50. The highest BCUT2D eigenvalue weighted by Crippen LogP contribution is 2.21. The third kappa shape index (κ3) is 3.35. The van der Waals surface area contributed by atoms with E-state index in [-0.39, 0.29) is 18.2 Å². The standard InChI is InChI=1S/C12H12ClFO2/c1-8-6-10(13)9(7-11(8)14)4-3-5-12(15)16-2/h3-4,6-7H,5H2,1-2H3. The minimum atomic E-state index is -0.347. The van der Waals surface area contributed by atoms with Crippen LogP contribution in [-0.2, 0) is 9.53 Å². The second-order valence-corrected chi connectivity index (χ2v) is 3.71. The van der Waals surface area contributed by atoms with Crippen LogP contribution >= 0.6 is 11.6 Å². The summed E-state index contributed by atoms with van der Waals surface area (Å²) in [6, 6.07) is 2.89. The molecule has 4 heteroatoms. The van der Waals surface area contributed by atoms with Crippen molar-refractivity contribution in [2.24, 2.45) is 0 Å². The molecule has 1 rings (SSSR count). The van der Waals surface area contributed by atoms with E-state index >= 15 is 0 Å². The summed E-state index contributed by atoms with van der Waals surface area (Å²) in [6.45, 7) is 1.64. The predicted molar refractivity (Wildman–Crippen MR) is 61.8 cm³/mol. The van der Waals surface area contributed by atoms with Gasteiger partial charge in [-0.15, -0.1) is 0 Å². The first-order valence-corrected chi connectivity index (χ1v) is 5.11. The van der Waals surface area contributed by atoms with Crippen molar-refractivity contribution < 1.29 is 13.9 Å². The van der Waals surface area contributed by atoms with Crippen molar-refractivity contribution >= 4 is 23.6 Å². The quantitative estimate of drug-likeness (QED) is 0.760. The van der Waals surface area contributed by atoms with Gasteiger partial charge in [0.15, 0.2) is 0 Å². The molecule has 1 aromatic carbocycles. The second-order valence-electron chi connectivity index (χ2n) is 3.31. The van der Waals surface area contributed by atoms with Crippen LogP contribution in [0.2, 0.25) is 5.02 Å². The number of halogens is 2. The maximum Gasteiger partial charge on any atom is 0.309 e. The number of methoxy groups -OCH3 is 1. The summed E-state index contributed by atoms with van der Waals surface area (Å²) in [6.07, 6.45) is 3.33. The van der Waals surface area contributed by atoms with Crippen molar-refractivity contribution in [1.82, 2.24) is 0 Å². The van der Waals surface area contributed by atoms with E-state index in [0.29, 0.717) is 16.1 Å². The van der Waals surface area contributed by atoms with Gasteiger partial charge < -0.3 is 4.74 Å². The number of aryl methyl sites for hydroxylation is 1. The molecule has 0 aliphatic carbocycles. The van der Waals surface area contributed by atoms with E-state index in [2.05, 4.69) is 4.74 Å². The van der Waals surface area contributed by atoms with Crippen molar-refractivity contribution in [1.29, 1.82) is 0 Å². The lowest BCUT2D eigenvalue weighted by Gasteiger charge is -2.01. The Bertz CT molecular complexity index is 427. The third-order valence-electron chi connectivity index (χ3n) is 2.09. The summed E-state index contributed by atoms with van der Waals surface area (Å²) >= 11 is 5.92. The van der Waals surface area contributed by atoms with Gasteiger partial charge in [0.25, 0.3) is 0 Å². The number of hydrogen-bond acceptors (Lipinski definition) is 2. The molecule has 0 aliphatic heterocycles. The van der Waals surface area contributed by atoms with Crippen LogP contribution in [0.25, 0.3) is 6.08 Å². The Hall–Kier alpha value is -1.35. The average Bonchev–Trinajstić information content (AvgIpc) is 2.25. The van der Waals surface area contributed by atoms with Crippen LogP contribution in [0.1, 0.15) is 17.5 Å². The molecule has 0 heterocycles. The van der Waals surface area contributed by atoms with Gasteiger partial charge in [0.2, 0.25) is 0 Å². The first-order chi connectivity index (χ1) is 7.54. The van der Waals surface area contributed by atoms with Crippen molar-refractivity contribution in [2.45, 2.75) is 13.3 Å². The van der Waals surface area contributed by atoms with E-state index in [4.69, 9.17) is 11.6 Å². The molecule has 1 aromatic rings. The maximum absolute atomic E-state index is 13.2. The van der Waals surface area contributed by atoms with Crippen LogP contribution < -0.4 is 0 Å². The lowest BCUT2D eigenvalue weighted by atomic mass is 10.1. The van der Waals surface area contributed by atoms with E-state index in [1.54, 1.807) is 25.1 Å². The Morgan fingerprint density at radius 1 is 1.56 bits per heavy atom. The fourth-order valence-corrected chi connectivity index (χ4v) is 1.44. The highest BCUT2D eigenvalue weighted by atomic mass is 35.5. The van der Waals surface area contributed by atoms with Crippen LogP contribution in [-0.4, -0.2) is 13.1 Å². The van der Waals surface area contributed by atoms with Gasteiger partial charge in [0.05, 0.1) is 13.5 Å². The molecule has 86 valence electrons. The molecule has 0 aliphatic rings. The number of carbonyl (C=O) groups is 1. The van der Waals surface area contributed by atoms with E-state index < -0.39 is 0 Å². The zero-order chi connectivity index (χ0) is 12.1. The highest BCUT2D eigenvalue weighted by Gasteiger charge is 2.03. The molecule has 0 unspecified atom stereocenters. The Balaban J connectivity index is 2.81. The monoisotopic (exact) mass is 242 g/mol. The predicted octanol–water partition coefficient (Wildman–Crippen LogP) is 3.36. The Labute approximate surface area is 98.7 Å². The largest absolute Gasteiger partial charge is 0.469 e. The van der Waals surface area contributed by atoms with Crippen LogP contribution in [0.4, 0.5) is 4.39 Å². The Morgan fingerprint density at radius 3 is 2.88 bits per heavy atom. The lowest BCUT2D eigenvalue weighted by molar-refractivity contribution is -0.139. The smallest absolute Gasteiger partial charge is 0.309 e. The lowest BCUT2D eigenvalue weighted by Crippen LogP contribution is -1.96. The summed E-state index contributed by atoms with van der Waals surface area (Å²) in [7, 11) is 1.31. The fraction of sp³-hybridized carbons (Fsp3) is 0.250. The number of rotatable bonds is 3. The summed E-state index contributed by atoms with van der Waals surface area (Å²) in [5, 5.41) is 0.458. The molecular weight excluding hydrogens is 231 g/mol. The van der Waals surface area contributed by atoms with E-state index in [1.807, 2.05) is 0 Å². The van der Waals surface area contributed by atoms with Crippen LogP contribution in [0, 0.1) is 12.7 Å². The topological polar surface area (TPSA) is 26.3 Å². The molecule has 0 amide bonds. The van der Waals surface area contributed by atoms with Crippen LogP contribution in [0.3, 0.4) is 0 Å². The molecule has 0 saturated carbocycles. The normalized spacial score (nSPS) is 10.8. The minimum Gasteiger partial charge on any atom is -0.469 e. The van der Waals surface area contributed by atoms with Gasteiger partial charge in [-0.3, -0.25) is 4.79 Å². The average molecular weight is 243 g/mol. The van der Waals surface area contributed by atoms with Gasteiger partial charge in [0, 0.05) is 5.02 Å². The molecule has 0 atom stereocenters. The molecule has 0 bridgehead atoms. The van der Waals surface area contributed by atoms with Gasteiger partial charge in [-0.05, 0) is 30.2 Å². The van der Waals surface area contributed by atoms with Crippen molar-refractivity contribution in [3.05, 3.63) is 40.2 Å². The van der Waals surface area contributed by atoms with E-state index in [9.17, 15) is 9.18 Å². The summed E-state index contributed by atoms with van der Waals surface area (Å²) in [4.78, 5) is 10.8. The van der Waals surface area contributed by atoms with Gasteiger partial charge in [-0.25, -0.2) is 4.39 Å². The SMILES string of the molecule is COC(=O)CC=Cc1cc(F)c(C)cc1Cl. The van der Waals surface area contributed by atoms with Gasteiger partial charge in [-0.1, -0.05) is 23.8 Å². The molecule has 0 N–H and O–H groups in total. The first kappa shape index (κ1) is 12.7. The van der Waals surface area contributed by atoms with Crippen molar-refractivity contribution in [3.8, 4) is 0 Å². The highest BCUT2D eigenvalue weighted by molar-refractivity contribution is 6.32. The van der Waals surface area contributed by atoms with Crippen molar-refractivity contribution in [2.75, 3.05) is 7.11 Å². The molecule has 16 heavy (non-hydrogen) atoms. The molecular formula is C12H12ClFO2. The van der Waals surface area contributed by atoms with Gasteiger partial charge >= 0.3 is 5.97 Å². The molecule has 0 saturated heterocycles. The summed E-state index contributed by atoms with van der Waals surface area (Å²) < 4.78 is 17.7. The maximum atomic E-state index is 13.2. The van der Waals surface area contributed by atoms with E-state index in [0.717, 1.165) is 0 Å². The minimum absolute atomic E-state index is 0.141. The Morgan fingerprint density at radius 2 is 2.25 bits per heavy atom. The van der Waals surface area contributed by atoms with Gasteiger partial charge in [0.1, 0.15) is 5.82 Å². The number of carbonyl (C=O) groups excluding carboxylic acids is 1. The fourth-order valence-electron chi connectivity index (χ4n) is 1.15. The molecule has 2 nitrogen and oxygen atoms in total. The zero-order valence-electron chi connectivity index (χ0n) is 9.09.